The van der Waals surface area contributed by atoms with Crippen molar-refractivity contribution < 1.29 is 5.11 Å². The maximum Gasteiger partial charge on any atom is 0.0948 e. The normalized spacial score (nSPS) is 35.0. The van der Waals surface area contributed by atoms with E-state index in [0.29, 0.717) is 0 Å². The van der Waals surface area contributed by atoms with Crippen LogP contribution in [0.1, 0.15) is 25.0 Å². The average Bonchev–Trinajstić information content (AvgIpc) is 2.37. The summed E-state index contributed by atoms with van der Waals surface area (Å²) < 4.78 is 0. The number of allylic oxidation sites excluding steroid dienone is 1. The molecule has 0 radical (unpaired) electrons. The van der Waals surface area contributed by atoms with E-state index in [-0.39, 0.29) is 23.9 Å². The summed E-state index contributed by atoms with van der Waals surface area (Å²) in [5.41, 5.74) is 1.59. The van der Waals surface area contributed by atoms with Crippen LogP contribution in [0.3, 0.4) is 0 Å². The molecule has 2 heteroatoms. The van der Waals surface area contributed by atoms with Crippen LogP contribution in [-0.4, -0.2) is 11.7 Å². The van der Waals surface area contributed by atoms with Gasteiger partial charge in [0, 0.05) is 12.5 Å². The second-order valence-corrected chi connectivity index (χ2v) is 5.90. The first-order valence-electron chi connectivity index (χ1n) is 6.39. The molecule has 1 saturated carbocycles. The van der Waals surface area contributed by atoms with E-state index in [1.165, 1.54) is 0 Å². The molecule has 0 bridgehead atoms. The van der Waals surface area contributed by atoms with Crippen molar-refractivity contribution in [2.24, 2.45) is 17.3 Å². The van der Waals surface area contributed by atoms with Gasteiger partial charge in [0.05, 0.1) is 11.5 Å². The van der Waals surface area contributed by atoms with E-state index in [0.717, 1.165) is 11.1 Å². The molecule has 92 valence electrons. The Balaban J connectivity index is 2.24. The number of hydrogen-bond acceptors (Lipinski definition) is 2. The third-order valence-electron chi connectivity index (χ3n) is 5.12. The van der Waals surface area contributed by atoms with Gasteiger partial charge in [0.15, 0.2) is 0 Å². The van der Waals surface area contributed by atoms with Crippen molar-refractivity contribution in [3.63, 3.8) is 0 Å². The van der Waals surface area contributed by atoms with Gasteiger partial charge in [-0.15, -0.1) is 0 Å². The topological polar surface area (TPSA) is 44.0 Å². The molecule has 0 spiro atoms. The molecule has 1 aromatic rings. The van der Waals surface area contributed by atoms with Crippen molar-refractivity contribution in [3.05, 3.63) is 41.5 Å². The highest BCUT2D eigenvalue weighted by atomic mass is 16.3. The van der Waals surface area contributed by atoms with Gasteiger partial charge in [-0.05, 0) is 22.5 Å². The van der Waals surface area contributed by atoms with Gasteiger partial charge in [-0.3, -0.25) is 0 Å². The van der Waals surface area contributed by atoms with Crippen molar-refractivity contribution in [2.75, 3.05) is 6.61 Å². The zero-order valence-electron chi connectivity index (χ0n) is 10.7. The number of hydrogen-bond donors (Lipinski definition) is 1. The Morgan fingerprint density at radius 3 is 2.72 bits per heavy atom. The first-order valence-corrected chi connectivity index (χ1v) is 6.39. The van der Waals surface area contributed by atoms with Crippen molar-refractivity contribution in [1.82, 2.24) is 0 Å². The van der Waals surface area contributed by atoms with Crippen molar-refractivity contribution in [3.8, 4) is 6.07 Å². The Hall–Kier alpha value is -1.59. The lowest BCUT2D eigenvalue weighted by Gasteiger charge is -2.64. The van der Waals surface area contributed by atoms with E-state index < -0.39 is 5.41 Å². The highest BCUT2D eigenvalue weighted by Gasteiger charge is 2.68. The van der Waals surface area contributed by atoms with E-state index in [9.17, 15) is 10.4 Å². The standard InChI is InChI=1S/C16H17NO/c1-15(2)14(9-18)13-8-7-11-5-3-4-6-12(11)16(13,15)10-17/h3-8,13-14,18H,9H2,1-2H3/t13-,14+,16-/m0/s1. The predicted octanol–water partition coefficient (Wildman–Crippen LogP) is 2.74. The Morgan fingerprint density at radius 1 is 1.33 bits per heavy atom. The fourth-order valence-electron chi connectivity index (χ4n) is 4.01. The smallest absolute Gasteiger partial charge is 0.0948 e. The first kappa shape index (κ1) is 11.5. The van der Waals surface area contributed by atoms with Gasteiger partial charge in [0.1, 0.15) is 0 Å². The summed E-state index contributed by atoms with van der Waals surface area (Å²) in [6.45, 7) is 4.35. The molecule has 2 nitrogen and oxygen atoms in total. The van der Waals surface area contributed by atoms with E-state index in [1.54, 1.807) is 0 Å². The van der Waals surface area contributed by atoms with E-state index in [2.05, 4.69) is 44.2 Å². The summed E-state index contributed by atoms with van der Waals surface area (Å²) in [7, 11) is 0. The van der Waals surface area contributed by atoms with Crippen molar-refractivity contribution >= 4 is 6.08 Å². The molecule has 3 atom stereocenters. The number of nitriles is 1. The molecule has 1 fully saturated rings. The van der Waals surface area contributed by atoms with Crippen LogP contribution in [0.2, 0.25) is 0 Å². The van der Waals surface area contributed by atoms with Crippen LogP contribution < -0.4 is 0 Å². The molecule has 0 aliphatic heterocycles. The molecule has 0 unspecified atom stereocenters. The van der Waals surface area contributed by atoms with Crippen LogP contribution >= 0.6 is 0 Å². The lowest BCUT2D eigenvalue weighted by atomic mass is 9.37. The quantitative estimate of drug-likeness (QED) is 0.819. The molecular formula is C16H17NO. The Morgan fingerprint density at radius 2 is 2.06 bits per heavy atom. The van der Waals surface area contributed by atoms with Crippen LogP contribution in [0.15, 0.2) is 30.3 Å². The van der Waals surface area contributed by atoms with E-state index >= 15 is 0 Å². The molecule has 1 aromatic carbocycles. The van der Waals surface area contributed by atoms with Gasteiger partial charge in [-0.25, -0.2) is 0 Å². The third-order valence-corrected chi connectivity index (χ3v) is 5.12. The van der Waals surface area contributed by atoms with Gasteiger partial charge >= 0.3 is 0 Å². The van der Waals surface area contributed by atoms with Crippen LogP contribution in [0, 0.1) is 28.6 Å². The maximum atomic E-state index is 9.80. The molecular weight excluding hydrogens is 222 g/mol. The molecule has 2 aliphatic carbocycles. The van der Waals surface area contributed by atoms with Gasteiger partial charge in [-0.1, -0.05) is 50.3 Å². The largest absolute Gasteiger partial charge is 0.396 e. The summed E-state index contributed by atoms with van der Waals surface area (Å²) in [5, 5.41) is 19.4. The maximum absolute atomic E-state index is 9.80. The Labute approximate surface area is 108 Å². The lowest BCUT2D eigenvalue weighted by molar-refractivity contribution is -0.0965. The minimum atomic E-state index is -0.480. The molecule has 0 amide bonds. The minimum absolute atomic E-state index is 0.136. The molecule has 0 heterocycles. The predicted molar refractivity (Wildman–Crippen MR) is 70.6 cm³/mol. The second kappa shape index (κ2) is 3.46. The fourth-order valence-corrected chi connectivity index (χ4v) is 4.01. The monoisotopic (exact) mass is 239 g/mol. The minimum Gasteiger partial charge on any atom is -0.396 e. The molecule has 2 aliphatic rings. The molecule has 18 heavy (non-hydrogen) atoms. The number of aliphatic hydroxyl groups excluding tert-OH is 1. The second-order valence-electron chi connectivity index (χ2n) is 5.90. The molecule has 3 rings (SSSR count). The van der Waals surface area contributed by atoms with Crippen LogP contribution in [-0.2, 0) is 5.41 Å². The molecule has 0 saturated heterocycles. The highest BCUT2D eigenvalue weighted by Crippen LogP contribution is 2.67. The van der Waals surface area contributed by atoms with Gasteiger partial charge in [0.25, 0.3) is 0 Å². The zero-order chi connectivity index (χ0) is 13.0. The van der Waals surface area contributed by atoms with Gasteiger partial charge < -0.3 is 5.11 Å². The van der Waals surface area contributed by atoms with Crippen molar-refractivity contribution in [1.29, 1.82) is 5.26 Å². The summed E-state index contributed by atoms with van der Waals surface area (Å²) >= 11 is 0. The molecule has 0 aromatic heterocycles. The number of nitrogens with zero attached hydrogens (tertiary/aromatic N) is 1. The fraction of sp³-hybridized carbons (Fsp3) is 0.438. The van der Waals surface area contributed by atoms with E-state index in [1.807, 2.05) is 12.1 Å². The number of rotatable bonds is 1. The lowest BCUT2D eigenvalue weighted by Crippen LogP contribution is -2.66. The number of fused-ring (bicyclic) bond motifs is 3. The summed E-state index contributed by atoms with van der Waals surface area (Å²) in [5.74, 6) is 0.305. The van der Waals surface area contributed by atoms with Crippen LogP contribution in [0.4, 0.5) is 0 Å². The van der Waals surface area contributed by atoms with Gasteiger partial charge in [-0.2, -0.15) is 5.26 Å². The SMILES string of the molecule is CC1(C)[C@H](CO)[C@@H]2C=Cc3ccccc3[C@@]21C#N. The third kappa shape index (κ3) is 1.02. The zero-order valence-corrected chi connectivity index (χ0v) is 10.7. The summed E-state index contributed by atoms with van der Waals surface area (Å²) in [4.78, 5) is 0. The Kier molecular flexibility index (Phi) is 2.21. The molecule has 1 N–H and O–H groups in total. The van der Waals surface area contributed by atoms with Crippen LogP contribution in [0.25, 0.3) is 6.08 Å². The highest BCUT2D eigenvalue weighted by molar-refractivity contribution is 5.65. The summed E-state index contributed by atoms with van der Waals surface area (Å²) in [6.07, 6.45) is 4.20. The van der Waals surface area contributed by atoms with Crippen molar-refractivity contribution in [2.45, 2.75) is 19.3 Å². The average molecular weight is 239 g/mol. The van der Waals surface area contributed by atoms with E-state index in [4.69, 9.17) is 0 Å². The number of aliphatic hydroxyl groups is 1. The summed E-state index contributed by atoms with van der Waals surface area (Å²) in [6, 6.07) is 10.7. The van der Waals surface area contributed by atoms with Gasteiger partial charge in [0.2, 0.25) is 0 Å². The Bertz CT molecular complexity index is 567. The van der Waals surface area contributed by atoms with Crippen LogP contribution in [0.5, 0.6) is 0 Å². The first-order chi connectivity index (χ1) is 8.59. The number of benzene rings is 1.